The van der Waals surface area contributed by atoms with E-state index in [1.807, 2.05) is 39.0 Å². The number of rotatable bonds is 2. The van der Waals surface area contributed by atoms with E-state index in [-0.39, 0.29) is 5.91 Å². The van der Waals surface area contributed by atoms with E-state index in [1.54, 1.807) is 19.0 Å². The molecule has 0 aliphatic carbocycles. The Balaban J connectivity index is 2.27. The van der Waals surface area contributed by atoms with E-state index in [2.05, 4.69) is 6.58 Å². The molecule has 0 radical (unpaired) electrons. The average molecular weight is 273 g/mol. The second-order valence-corrected chi connectivity index (χ2v) is 5.78. The van der Waals surface area contributed by atoms with Gasteiger partial charge in [0, 0.05) is 19.7 Å². The van der Waals surface area contributed by atoms with Crippen molar-refractivity contribution in [3.8, 4) is 0 Å². The average Bonchev–Trinajstić information content (AvgIpc) is 2.63. The molecule has 1 fully saturated rings. The van der Waals surface area contributed by atoms with Gasteiger partial charge < -0.3 is 14.2 Å². The van der Waals surface area contributed by atoms with Gasteiger partial charge >= 0.3 is 7.12 Å². The van der Waals surface area contributed by atoms with Gasteiger partial charge in [0.2, 0.25) is 0 Å². The zero-order valence-corrected chi connectivity index (χ0v) is 12.7. The summed E-state index contributed by atoms with van der Waals surface area (Å²) >= 11 is 0. The molecule has 20 heavy (non-hydrogen) atoms. The molecular weight excluding hydrogens is 253 g/mol. The number of amides is 1. The summed E-state index contributed by atoms with van der Waals surface area (Å²) in [6.07, 6.45) is 0. The first-order valence-electron chi connectivity index (χ1n) is 6.58. The summed E-state index contributed by atoms with van der Waals surface area (Å²) < 4.78 is 11.5. The predicted octanol–water partition coefficient (Wildman–Crippen LogP) is 1.73. The molecule has 0 atom stereocenters. The molecule has 1 aliphatic rings. The van der Waals surface area contributed by atoms with Crippen molar-refractivity contribution in [3.05, 3.63) is 41.7 Å². The highest BCUT2D eigenvalue weighted by Gasteiger charge is 2.42. The van der Waals surface area contributed by atoms with Gasteiger partial charge in [-0.05, 0) is 37.9 Å². The number of nitrogens with zero attached hydrogens (tertiary/aromatic N) is 1. The molecule has 4 nitrogen and oxygen atoms in total. The molecule has 1 heterocycles. The van der Waals surface area contributed by atoms with Crippen molar-refractivity contribution in [2.75, 3.05) is 14.1 Å². The zero-order valence-electron chi connectivity index (χ0n) is 12.7. The van der Waals surface area contributed by atoms with Crippen LogP contribution in [-0.2, 0) is 9.31 Å². The molecule has 106 valence electrons. The van der Waals surface area contributed by atoms with Crippen LogP contribution in [0.4, 0.5) is 0 Å². The van der Waals surface area contributed by atoms with Crippen LogP contribution in [0.25, 0.3) is 0 Å². The number of aryl methyl sites for hydroxylation is 1. The fourth-order valence-corrected chi connectivity index (χ4v) is 2.08. The Morgan fingerprint density at radius 3 is 2.45 bits per heavy atom. The number of carbonyl (C=O) groups is 1. The molecule has 1 aliphatic heterocycles. The lowest BCUT2D eigenvalue weighted by molar-refractivity contribution is 0.0827. The molecule has 1 aromatic carbocycles. The van der Waals surface area contributed by atoms with Gasteiger partial charge in [-0.25, -0.2) is 0 Å². The lowest BCUT2D eigenvalue weighted by Gasteiger charge is -2.16. The van der Waals surface area contributed by atoms with Crippen molar-refractivity contribution < 1.29 is 14.1 Å². The number of benzene rings is 1. The SMILES string of the molecule is C=C1OB(c2ccc(C(=O)N(C)C)c(C)c2)OC1(C)C. The Labute approximate surface area is 120 Å². The summed E-state index contributed by atoms with van der Waals surface area (Å²) in [4.78, 5) is 13.6. The first-order valence-corrected chi connectivity index (χ1v) is 6.58. The van der Waals surface area contributed by atoms with Gasteiger partial charge in [0.25, 0.3) is 5.91 Å². The molecule has 5 heteroatoms. The van der Waals surface area contributed by atoms with Crippen LogP contribution in [0.5, 0.6) is 0 Å². The van der Waals surface area contributed by atoms with Crippen LogP contribution in [0.2, 0.25) is 0 Å². The Morgan fingerprint density at radius 2 is 2.00 bits per heavy atom. The highest BCUT2D eigenvalue weighted by molar-refractivity contribution is 6.62. The molecule has 0 aromatic heterocycles. The highest BCUT2D eigenvalue weighted by atomic mass is 16.7. The lowest BCUT2D eigenvalue weighted by atomic mass is 9.78. The minimum absolute atomic E-state index is 0.00736. The van der Waals surface area contributed by atoms with E-state index in [0.717, 1.165) is 11.0 Å². The predicted molar refractivity (Wildman–Crippen MR) is 80.0 cm³/mol. The maximum atomic E-state index is 12.0. The minimum Gasteiger partial charge on any atom is -0.534 e. The molecule has 0 unspecified atom stereocenters. The van der Waals surface area contributed by atoms with Gasteiger partial charge in [-0.15, -0.1) is 0 Å². The van der Waals surface area contributed by atoms with Gasteiger partial charge in [0.15, 0.2) is 0 Å². The Hall–Kier alpha value is -1.75. The van der Waals surface area contributed by atoms with Crippen molar-refractivity contribution in [1.82, 2.24) is 4.90 Å². The third-order valence-corrected chi connectivity index (χ3v) is 3.48. The molecule has 0 bridgehead atoms. The molecule has 1 saturated heterocycles. The van der Waals surface area contributed by atoms with Crippen molar-refractivity contribution in [2.45, 2.75) is 26.4 Å². The molecule has 0 saturated carbocycles. The molecule has 1 amide bonds. The van der Waals surface area contributed by atoms with Gasteiger partial charge in [0.05, 0.1) is 5.76 Å². The van der Waals surface area contributed by atoms with Crippen LogP contribution >= 0.6 is 0 Å². The van der Waals surface area contributed by atoms with Crippen LogP contribution in [0.1, 0.15) is 29.8 Å². The lowest BCUT2D eigenvalue weighted by Crippen LogP contribution is -2.35. The van der Waals surface area contributed by atoms with E-state index in [0.29, 0.717) is 11.3 Å². The minimum atomic E-state index is -0.489. The van der Waals surface area contributed by atoms with Crippen molar-refractivity contribution in [3.63, 3.8) is 0 Å². The van der Waals surface area contributed by atoms with Crippen molar-refractivity contribution in [1.29, 1.82) is 0 Å². The van der Waals surface area contributed by atoms with Gasteiger partial charge in [-0.1, -0.05) is 18.7 Å². The standard InChI is InChI=1S/C15H20BNO3/c1-10-9-12(7-8-13(10)14(18)17(5)6)16-19-11(2)15(3,4)20-16/h7-9H,2H2,1,3-6H3. The second-order valence-electron chi connectivity index (χ2n) is 5.78. The fourth-order valence-electron chi connectivity index (χ4n) is 2.08. The van der Waals surface area contributed by atoms with Crippen molar-refractivity contribution >= 4 is 18.5 Å². The van der Waals surface area contributed by atoms with Gasteiger partial charge in [-0.2, -0.15) is 0 Å². The number of hydrogen-bond acceptors (Lipinski definition) is 3. The molecular formula is C15H20BNO3. The quantitative estimate of drug-likeness (QED) is 0.770. The Kier molecular flexibility index (Phi) is 3.65. The van der Waals surface area contributed by atoms with Crippen molar-refractivity contribution in [2.24, 2.45) is 0 Å². The molecule has 0 spiro atoms. The molecule has 0 N–H and O–H groups in total. The van der Waals surface area contributed by atoms with Crippen LogP contribution < -0.4 is 5.46 Å². The van der Waals surface area contributed by atoms with E-state index >= 15 is 0 Å². The summed E-state index contributed by atoms with van der Waals surface area (Å²) in [6.45, 7) is 9.62. The first kappa shape index (κ1) is 14.7. The Morgan fingerprint density at radius 1 is 1.35 bits per heavy atom. The largest absolute Gasteiger partial charge is 0.563 e. The number of carbonyl (C=O) groups excluding carboxylic acids is 1. The molecule has 1 aromatic rings. The molecule has 2 rings (SSSR count). The van der Waals surface area contributed by atoms with Crippen LogP contribution in [0.15, 0.2) is 30.5 Å². The Bertz CT molecular complexity index is 566. The third kappa shape index (κ3) is 2.58. The monoisotopic (exact) mass is 273 g/mol. The normalized spacial score (nSPS) is 17.1. The maximum absolute atomic E-state index is 12.0. The van der Waals surface area contributed by atoms with E-state index in [9.17, 15) is 4.79 Å². The summed E-state index contributed by atoms with van der Waals surface area (Å²) in [5, 5.41) is 0. The summed E-state index contributed by atoms with van der Waals surface area (Å²) in [6, 6.07) is 5.60. The van der Waals surface area contributed by atoms with Gasteiger partial charge in [-0.3, -0.25) is 4.79 Å². The number of hydrogen-bond donors (Lipinski definition) is 0. The topological polar surface area (TPSA) is 38.8 Å². The van der Waals surface area contributed by atoms with Gasteiger partial charge in [0.1, 0.15) is 5.60 Å². The summed E-state index contributed by atoms with van der Waals surface area (Å²) in [7, 11) is 3.02. The zero-order chi connectivity index (χ0) is 15.1. The van der Waals surface area contributed by atoms with E-state index < -0.39 is 12.7 Å². The van der Waals surface area contributed by atoms with Crippen LogP contribution in [0.3, 0.4) is 0 Å². The smallest absolute Gasteiger partial charge is 0.534 e. The maximum Gasteiger partial charge on any atom is 0.563 e. The highest BCUT2D eigenvalue weighted by Crippen LogP contribution is 2.29. The van der Waals surface area contributed by atoms with E-state index in [4.69, 9.17) is 9.31 Å². The second kappa shape index (κ2) is 4.98. The van der Waals surface area contributed by atoms with Crippen LogP contribution in [-0.4, -0.2) is 37.6 Å². The first-order chi connectivity index (χ1) is 9.22. The van der Waals surface area contributed by atoms with Crippen LogP contribution in [0, 0.1) is 6.92 Å². The van der Waals surface area contributed by atoms with E-state index in [1.165, 1.54) is 0 Å². The summed E-state index contributed by atoms with van der Waals surface area (Å²) in [5.74, 6) is 0.612. The summed E-state index contributed by atoms with van der Waals surface area (Å²) in [5.41, 5.74) is 2.00. The fraction of sp³-hybridized carbons (Fsp3) is 0.400. The third-order valence-electron chi connectivity index (χ3n) is 3.48.